The van der Waals surface area contributed by atoms with Gasteiger partial charge in [-0.25, -0.2) is 9.78 Å². The quantitative estimate of drug-likeness (QED) is 0.672. The highest BCUT2D eigenvalue weighted by atomic mass is 32.1. The molecule has 1 unspecified atom stereocenters. The van der Waals surface area contributed by atoms with Gasteiger partial charge in [0, 0.05) is 37.5 Å². The molecule has 10 nitrogen and oxygen atoms in total. The molecule has 1 aromatic rings. The van der Waals surface area contributed by atoms with Gasteiger partial charge in [-0.1, -0.05) is 0 Å². The van der Waals surface area contributed by atoms with Crippen molar-refractivity contribution in [3.63, 3.8) is 0 Å². The van der Waals surface area contributed by atoms with Crippen LogP contribution in [0.15, 0.2) is 0 Å². The normalized spacial score (nSPS) is 18.1. The Balaban J connectivity index is 1.68. The van der Waals surface area contributed by atoms with Crippen LogP contribution in [0.1, 0.15) is 41.1 Å². The number of amides is 3. The van der Waals surface area contributed by atoms with Crippen LogP contribution in [0, 0.1) is 0 Å². The van der Waals surface area contributed by atoms with Crippen LogP contribution in [0.3, 0.4) is 0 Å². The molecule has 2 N–H and O–H groups in total. The zero-order chi connectivity index (χ0) is 22.6. The number of ether oxygens (including phenoxy) is 2. The molecule has 3 heterocycles. The van der Waals surface area contributed by atoms with Gasteiger partial charge >= 0.3 is 6.09 Å². The van der Waals surface area contributed by atoms with E-state index in [1.807, 2.05) is 7.05 Å². The van der Waals surface area contributed by atoms with Crippen LogP contribution < -0.4 is 10.6 Å². The van der Waals surface area contributed by atoms with E-state index in [0.717, 1.165) is 30.1 Å². The number of fused-ring (bicyclic) bond motifs is 1. The Bertz CT molecular complexity index is 815. The van der Waals surface area contributed by atoms with Gasteiger partial charge < -0.3 is 29.9 Å². The number of nitrogens with one attached hydrogen (secondary N) is 2. The maximum Gasteiger partial charge on any atom is 0.407 e. The van der Waals surface area contributed by atoms with Crippen molar-refractivity contribution in [2.75, 3.05) is 46.4 Å². The van der Waals surface area contributed by atoms with Crippen molar-refractivity contribution in [3.8, 4) is 0 Å². The molecule has 0 radical (unpaired) electrons. The van der Waals surface area contributed by atoms with E-state index in [4.69, 9.17) is 9.47 Å². The summed E-state index contributed by atoms with van der Waals surface area (Å²) < 4.78 is 10.6. The summed E-state index contributed by atoms with van der Waals surface area (Å²) in [5.74, 6) is -0.687. The van der Waals surface area contributed by atoms with E-state index in [-0.39, 0.29) is 12.5 Å². The van der Waals surface area contributed by atoms with Gasteiger partial charge in [0.15, 0.2) is 5.01 Å². The number of alkyl carbamates (subject to hydrolysis) is 1. The van der Waals surface area contributed by atoms with E-state index in [1.54, 1.807) is 25.7 Å². The first-order valence-corrected chi connectivity index (χ1v) is 11.3. The molecule has 3 amide bonds. The van der Waals surface area contributed by atoms with E-state index in [9.17, 15) is 14.4 Å². The van der Waals surface area contributed by atoms with Gasteiger partial charge in [0.25, 0.3) is 5.91 Å². The van der Waals surface area contributed by atoms with E-state index < -0.39 is 23.6 Å². The monoisotopic (exact) mass is 453 g/mol. The smallest absolute Gasteiger partial charge is 0.407 e. The number of hydrogen-bond acceptors (Lipinski definition) is 8. The molecule has 0 aromatic carbocycles. The summed E-state index contributed by atoms with van der Waals surface area (Å²) in [7, 11) is 2.03. The van der Waals surface area contributed by atoms with Crippen molar-refractivity contribution >= 4 is 29.2 Å². The Morgan fingerprint density at radius 1 is 1.23 bits per heavy atom. The summed E-state index contributed by atoms with van der Waals surface area (Å²) in [6, 6.07) is -0.929. The molecule has 11 heteroatoms. The minimum atomic E-state index is -0.929. The largest absolute Gasteiger partial charge is 0.444 e. The fraction of sp³-hybridized carbons (Fsp3) is 0.700. The summed E-state index contributed by atoms with van der Waals surface area (Å²) in [6.45, 7) is 8.62. The second kappa shape index (κ2) is 9.92. The summed E-state index contributed by atoms with van der Waals surface area (Å²) >= 11 is 1.35. The number of rotatable bonds is 5. The average Bonchev–Trinajstić information content (AvgIpc) is 3.13. The molecular formula is C20H31N5O5S. The number of hydrogen-bond donors (Lipinski definition) is 2. The van der Waals surface area contributed by atoms with Gasteiger partial charge in [-0.05, 0) is 27.8 Å². The lowest BCUT2D eigenvalue weighted by atomic mass is 10.2. The van der Waals surface area contributed by atoms with Crippen LogP contribution in [0.2, 0.25) is 0 Å². The second-order valence-corrected chi connectivity index (χ2v) is 9.81. The molecule has 0 saturated carbocycles. The number of carbonyl (C=O) groups excluding carboxylic acids is 3. The molecule has 0 spiro atoms. The lowest BCUT2D eigenvalue weighted by molar-refractivity contribution is -0.137. The molecule has 31 heavy (non-hydrogen) atoms. The average molecular weight is 454 g/mol. The first-order valence-electron chi connectivity index (χ1n) is 10.4. The summed E-state index contributed by atoms with van der Waals surface area (Å²) in [4.78, 5) is 47.4. The van der Waals surface area contributed by atoms with Crippen molar-refractivity contribution in [1.29, 1.82) is 0 Å². The zero-order valence-corrected chi connectivity index (χ0v) is 19.3. The number of nitrogens with zero attached hydrogens (tertiary/aromatic N) is 3. The van der Waals surface area contributed by atoms with Gasteiger partial charge in [-0.15, -0.1) is 11.3 Å². The maximum absolute atomic E-state index is 13.0. The lowest BCUT2D eigenvalue weighted by Crippen LogP contribution is -2.56. The summed E-state index contributed by atoms with van der Waals surface area (Å²) in [6.07, 6.45) is 0.153. The predicted octanol–water partition coefficient (Wildman–Crippen LogP) is 0.613. The Labute approximate surface area is 186 Å². The van der Waals surface area contributed by atoms with E-state index in [0.29, 0.717) is 31.3 Å². The molecule has 1 atom stereocenters. The molecule has 2 aliphatic rings. The van der Waals surface area contributed by atoms with Crippen LogP contribution in [0.4, 0.5) is 4.79 Å². The highest BCUT2D eigenvalue weighted by molar-refractivity contribution is 7.13. The van der Waals surface area contributed by atoms with Gasteiger partial charge in [0.2, 0.25) is 5.91 Å². The van der Waals surface area contributed by atoms with Gasteiger partial charge in [-0.3, -0.25) is 9.59 Å². The molecule has 1 saturated heterocycles. The Kier molecular flexibility index (Phi) is 7.50. The first kappa shape index (κ1) is 23.4. The van der Waals surface area contributed by atoms with Crippen molar-refractivity contribution in [1.82, 2.24) is 25.4 Å². The summed E-state index contributed by atoms with van der Waals surface area (Å²) in [5, 5.41) is 5.69. The number of morpholine rings is 1. The highest BCUT2D eigenvalue weighted by Crippen LogP contribution is 2.24. The fourth-order valence-electron chi connectivity index (χ4n) is 3.34. The number of likely N-dealkylation sites (N-methyl/N-ethyl adjacent to an activating group) is 1. The molecule has 2 aliphatic heterocycles. The lowest BCUT2D eigenvalue weighted by Gasteiger charge is -2.31. The van der Waals surface area contributed by atoms with Crippen molar-refractivity contribution < 1.29 is 23.9 Å². The predicted molar refractivity (Wildman–Crippen MR) is 115 cm³/mol. The molecular weight excluding hydrogens is 422 g/mol. The van der Waals surface area contributed by atoms with E-state index in [2.05, 4.69) is 20.5 Å². The van der Waals surface area contributed by atoms with Crippen molar-refractivity contribution in [2.24, 2.45) is 0 Å². The maximum atomic E-state index is 13.0. The molecule has 3 rings (SSSR count). The van der Waals surface area contributed by atoms with Crippen molar-refractivity contribution in [3.05, 3.63) is 15.6 Å². The van der Waals surface area contributed by atoms with Gasteiger partial charge in [-0.2, -0.15) is 0 Å². The standard InChI is InChI=1S/C20H31N5O5S/c1-20(2,3)30-19(28)21-11-14(18(27)25-7-9-29-10-8-25)22-16(26)17-23-13-5-6-24(4)12-15(13)31-17/h14H,5-12H2,1-4H3,(H,21,28)(H,22,26). The zero-order valence-electron chi connectivity index (χ0n) is 18.5. The van der Waals surface area contributed by atoms with E-state index >= 15 is 0 Å². The third-order valence-electron chi connectivity index (χ3n) is 4.89. The third-order valence-corrected chi connectivity index (χ3v) is 5.97. The molecule has 0 bridgehead atoms. The number of carbonyl (C=O) groups is 3. The topological polar surface area (TPSA) is 113 Å². The molecule has 1 aromatic heterocycles. The fourth-order valence-corrected chi connectivity index (χ4v) is 4.44. The van der Waals surface area contributed by atoms with E-state index in [1.165, 1.54) is 11.3 Å². The van der Waals surface area contributed by atoms with Crippen LogP contribution in [0.25, 0.3) is 0 Å². The summed E-state index contributed by atoms with van der Waals surface area (Å²) in [5.41, 5.74) is 0.278. The minimum Gasteiger partial charge on any atom is -0.444 e. The SMILES string of the molecule is CN1CCc2nc(C(=O)NC(CNC(=O)OC(C)(C)C)C(=O)N3CCOCC3)sc2C1. The molecule has 172 valence electrons. The minimum absolute atomic E-state index is 0.0787. The molecule has 0 aliphatic carbocycles. The third kappa shape index (κ3) is 6.62. The van der Waals surface area contributed by atoms with Crippen molar-refractivity contribution in [2.45, 2.75) is 45.4 Å². The van der Waals surface area contributed by atoms with Crippen LogP contribution >= 0.6 is 11.3 Å². The van der Waals surface area contributed by atoms with Crippen LogP contribution in [0.5, 0.6) is 0 Å². The van der Waals surface area contributed by atoms with Crippen LogP contribution in [-0.2, 0) is 27.2 Å². The molecule has 1 fully saturated rings. The second-order valence-electron chi connectivity index (χ2n) is 8.72. The highest BCUT2D eigenvalue weighted by Gasteiger charge is 2.30. The number of aromatic nitrogens is 1. The Morgan fingerprint density at radius 2 is 1.94 bits per heavy atom. The number of thiazole rings is 1. The Morgan fingerprint density at radius 3 is 2.61 bits per heavy atom. The van der Waals surface area contributed by atoms with Gasteiger partial charge in [0.05, 0.1) is 25.5 Å². The van der Waals surface area contributed by atoms with Gasteiger partial charge in [0.1, 0.15) is 11.6 Å². The van der Waals surface area contributed by atoms with Crippen LogP contribution in [-0.4, -0.2) is 90.8 Å². The Hall–Kier alpha value is -2.24. The first-order chi connectivity index (χ1) is 14.6.